The summed E-state index contributed by atoms with van der Waals surface area (Å²) in [5.41, 5.74) is 10.6. The standard InChI is InChI=1S/C18H21N3O5/c1-3-25-17(23)13(18(24)26-4-2)9-11-5-6-12(14(19)10-11)15-7-8-16(22)21-20-15/h5-6,9-10H,3-4,7-8,19H2,1-2H3,(H,21,22). The fraction of sp³-hybridized carbons (Fsp3) is 0.333. The Balaban J connectivity index is 2.32. The third kappa shape index (κ3) is 4.69. The van der Waals surface area contributed by atoms with Crippen molar-refractivity contribution in [2.75, 3.05) is 18.9 Å². The van der Waals surface area contributed by atoms with Gasteiger partial charge in [-0.15, -0.1) is 0 Å². The van der Waals surface area contributed by atoms with Crippen molar-refractivity contribution < 1.29 is 23.9 Å². The first-order valence-corrected chi connectivity index (χ1v) is 8.27. The van der Waals surface area contributed by atoms with Gasteiger partial charge < -0.3 is 15.2 Å². The molecule has 0 bridgehead atoms. The van der Waals surface area contributed by atoms with Crippen molar-refractivity contribution in [2.45, 2.75) is 26.7 Å². The van der Waals surface area contributed by atoms with Gasteiger partial charge in [0.1, 0.15) is 5.57 Å². The van der Waals surface area contributed by atoms with Crippen molar-refractivity contribution in [3.63, 3.8) is 0 Å². The fourth-order valence-corrected chi connectivity index (χ4v) is 2.39. The van der Waals surface area contributed by atoms with Crippen molar-refractivity contribution in [3.8, 4) is 0 Å². The Morgan fingerprint density at radius 2 is 1.85 bits per heavy atom. The van der Waals surface area contributed by atoms with Gasteiger partial charge in [0.15, 0.2) is 0 Å². The zero-order valence-corrected chi connectivity index (χ0v) is 14.7. The van der Waals surface area contributed by atoms with E-state index in [1.807, 2.05) is 0 Å². The lowest BCUT2D eigenvalue weighted by atomic mass is 10.00. The number of carbonyl (C=O) groups is 3. The van der Waals surface area contributed by atoms with Crippen LogP contribution in [0.4, 0.5) is 5.69 Å². The molecule has 26 heavy (non-hydrogen) atoms. The van der Waals surface area contributed by atoms with Crippen LogP contribution in [0.2, 0.25) is 0 Å². The minimum absolute atomic E-state index is 0.139. The first-order valence-electron chi connectivity index (χ1n) is 8.27. The molecule has 0 saturated carbocycles. The number of hydrogen-bond acceptors (Lipinski definition) is 7. The fourth-order valence-electron chi connectivity index (χ4n) is 2.39. The molecule has 0 aromatic heterocycles. The van der Waals surface area contributed by atoms with Crippen LogP contribution in [0.5, 0.6) is 0 Å². The van der Waals surface area contributed by atoms with E-state index in [9.17, 15) is 14.4 Å². The predicted octanol–water partition coefficient (Wildman–Crippen LogP) is 1.39. The summed E-state index contributed by atoms with van der Waals surface area (Å²) in [5.74, 6) is -1.65. The van der Waals surface area contributed by atoms with Crippen LogP contribution >= 0.6 is 0 Å². The average Bonchev–Trinajstić information content (AvgIpc) is 2.61. The van der Waals surface area contributed by atoms with Gasteiger partial charge >= 0.3 is 11.9 Å². The molecule has 0 atom stereocenters. The molecular weight excluding hydrogens is 338 g/mol. The molecule has 1 aliphatic heterocycles. The van der Waals surface area contributed by atoms with E-state index < -0.39 is 11.9 Å². The Bertz CT molecular complexity index is 763. The third-order valence-electron chi connectivity index (χ3n) is 3.59. The van der Waals surface area contributed by atoms with Gasteiger partial charge in [0.25, 0.3) is 0 Å². The lowest BCUT2D eigenvalue weighted by Gasteiger charge is -2.14. The van der Waals surface area contributed by atoms with Crippen molar-refractivity contribution in [1.82, 2.24) is 5.43 Å². The van der Waals surface area contributed by atoms with Crippen LogP contribution in [0.3, 0.4) is 0 Å². The molecule has 0 unspecified atom stereocenters. The van der Waals surface area contributed by atoms with Crippen LogP contribution in [0.1, 0.15) is 37.8 Å². The molecule has 1 amide bonds. The Hall–Kier alpha value is -3.16. The SMILES string of the molecule is CCOC(=O)C(=Cc1ccc(C2=NNC(=O)CC2)c(N)c1)C(=O)OCC. The largest absolute Gasteiger partial charge is 0.462 e. The van der Waals surface area contributed by atoms with Crippen LogP contribution in [-0.4, -0.2) is 36.8 Å². The number of nitrogens with two attached hydrogens (primary N) is 1. The van der Waals surface area contributed by atoms with E-state index in [0.717, 1.165) is 0 Å². The van der Waals surface area contributed by atoms with Gasteiger partial charge in [-0.1, -0.05) is 12.1 Å². The highest BCUT2D eigenvalue weighted by molar-refractivity contribution is 6.18. The summed E-state index contributed by atoms with van der Waals surface area (Å²) in [6.45, 7) is 3.58. The number of rotatable bonds is 6. The number of esters is 2. The van der Waals surface area contributed by atoms with Crippen molar-refractivity contribution in [3.05, 3.63) is 34.9 Å². The monoisotopic (exact) mass is 359 g/mol. The number of nitrogens with zero attached hydrogens (tertiary/aromatic N) is 1. The maximum atomic E-state index is 12.0. The smallest absolute Gasteiger partial charge is 0.345 e. The van der Waals surface area contributed by atoms with Gasteiger partial charge in [-0.3, -0.25) is 4.79 Å². The number of ether oxygens (including phenoxy) is 2. The molecule has 138 valence electrons. The Morgan fingerprint density at radius 3 is 2.35 bits per heavy atom. The van der Waals surface area contributed by atoms with Crippen LogP contribution in [0.15, 0.2) is 28.9 Å². The number of benzene rings is 1. The second-order valence-corrected chi connectivity index (χ2v) is 5.44. The van der Waals surface area contributed by atoms with E-state index in [4.69, 9.17) is 15.2 Å². The number of hydrogen-bond donors (Lipinski definition) is 2. The molecule has 0 spiro atoms. The number of amides is 1. The van der Waals surface area contributed by atoms with Gasteiger partial charge in [-0.2, -0.15) is 5.10 Å². The maximum absolute atomic E-state index is 12.0. The molecule has 0 fully saturated rings. The van der Waals surface area contributed by atoms with E-state index in [1.165, 1.54) is 6.08 Å². The minimum Gasteiger partial charge on any atom is -0.462 e. The lowest BCUT2D eigenvalue weighted by molar-refractivity contribution is -0.146. The third-order valence-corrected chi connectivity index (χ3v) is 3.59. The zero-order chi connectivity index (χ0) is 19.1. The molecule has 1 aromatic rings. The Labute approximate surface area is 151 Å². The van der Waals surface area contributed by atoms with Crippen LogP contribution in [-0.2, 0) is 23.9 Å². The van der Waals surface area contributed by atoms with Gasteiger partial charge in [0, 0.05) is 24.1 Å². The topological polar surface area (TPSA) is 120 Å². The number of anilines is 1. The summed E-state index contributed by atoms with van der Waals surface area (Å²) in [4.78, 5) is 35.2. The molecule has 0 radical (unpaired) electrons. The van der Waals surface area contributed by atoms with Crippen LogP contribution in [0, 0.1) is 0 Å². The van der Waals surface area contributed by atoms with Gasteiger partial charge in [0.2, 0.25) is 5.91 Å². The van der Waals surface area contributed by atoms with E-state index in [-0.39, 0.29) is 24.7 Å². The molecule has 2 rings (SSSR count). The van der Waals surface area contributed by atoms with E-state index >= 15 is 0 Å². The minimum atomic E-state index is -0.757. The summed E-state index contributed by atoms with van der Waals surface area (Å²) in [6.07, 6.45) is 2.21. The predicted molar refractivity (Wildman–Crippen MR) is 96.0 cm³/mol. The quantitative estimate of drug-likeness (QED) is 0.260. The molecule has 0 saturated heterocycles. The highest BCUT2D eigenvalue weighted by atomic mass is 16.6. The van der Waals surface area contributed by atoms with Crippen molar-refractivity contribution in [2.24, 2.45) is 5.10 Å². The van der Waals surface area contributed by atoms with Crippen molar-refractivity contribution >= 4 is 35.3 Å². The number of hydrazone groups is 1. The molecule has 1 heterocycles. The highest BCUT2D eigenvalue weighted by Crippen LogP contribution is 2.21. The van der Waals surface area contributed by atoms with Gasteiger partial charge in [0.05, 0.1) is 18.9 Å². The van der Waals surface area contributed by atoms with Gasteiger partial charge in [-0.05, 0) is 31.6 Å². The summed E-state index contributed by atoms with van der Waals surface area (Å²) in [6, 6.07) is 5.04. The summed E-state index contributed by atoms with van der Waals surface area (Å²) < 4.78 is 9.81. The molecule has 0 aliphatic carbocycles. The Kier molecular flexibility index (Phi) is 6.48. The lowest BCUT2D eigenvalue weighted by Crippen LogP contribution is -2.26. The maximum Gasteiger partial charge on any atom is 0.345 e. The van der Waals surface area contributed by atoms with E-state index in [2.05, 4.69) is 10.5 Å². The number of nitrogens with one attached hydrogen (secondary N) is 1. The normalized spacial score (nSPS) is 13.3. The van der Waals surface area contributed by atoms with Crippen LogP contribution < -0.4 is 11.2 Å². The number of carbonyl (C=O) groups excluding carboxylic acids is 3. The second kappa shape index (κ2) is 8.80. The average molecular weight is 359 g/mol. The first kappa shape index (κ1) is 19.2. The highest BCUT2D eigenvalue weighted by Gasteiger charge is 2.21. The second-order valence-electron chi connectivity index (χ2n) is 5.44. The molecule has 8 nitrogen and oxygen atoms in total. The summed E-state index contributed by atoms with van der Waals surface area (Å²) >= 11 is 0. The molecule has 1 aromatic carbocycles. The van der Waals surface area contributed by atoms with Crippen LogP contribution in [0.25, 0.3) is 6.08 Å². The Morgan fingerprint density at radius 1 is 1.19 bits per heavy atom. The van der Waals surface area contributed by atoms with E-state index in [0.29, 0.717) is 35.4 Å². The van der Waals surface area contributed by atoms with Gasteiger partial charge in [-0.25, -0.2) is 15.0 Å². The summed E-state index contributed by atoms with van der Waals surface area (Å²) in [7, 11) is 0. The molecule has 8 heteroatoms. The number of nitrogen functional groups attached to an aromatic ring is 1. The van der Waals surface area contributed by atoms with Crippen molar-refractivity contribution in [1.29, 1.82) is 0 Å². The van der Waals surface area contributed by atoms with E-state index in [1.54, 1.807) is 32.0 Å². The summed E-state index contributed by atoms with van der Waals surface area (Å²) in [5, 5.41) is 4.01. The molecule has 1 aliphatic rings. The molecular formula is C18H21N3O5. The zero-order valence-electron chi connectivity index (χ0n) is 14.7. The first-order chi connectivity index (χ1) is 12.5. The molecule has 3 N–H and O–H groups in total.